The third-order valence-electron chi connectivity index (χ3n) is 5.08. The number of para-hydroxylation sites is 1. The van der Waals surface area contributed by atoms with E-state index in [4.69, 9.17) is 13.6 Å². The van der Waals surface area contributed by atoms with Gasteiger partial charge < -0.3 is 23.9 Å². The van der Waals surface area contributed by atoms with Gasteiger partial charge in [-0.25, -0.2) is 0 Å². The maximum Gasteiger partial charge on any atom is 0.284 e. The zero-order chi connectivity index (χ0) is 22.6. The summed E-state index contributed by atoms with van der Waals surface area (Å²) in [4.78, 5) is 16.4. The fourth-order valence-corrected chi connectivity index (χ4v) is 4.26. The van der Waals surface area contributed by atoms with Crippen LogP contribution in [-0.2, 0) is 6.42 Å². The fraction of sp³-hybridized carbons (Fsp3) is 0.125. The molecule has 9 heteroatoms. The van der Waals surface area contributed by atoms with Crippen LogP contribution in [0.5, 0.6) is 5.75 Å². The number of H-pyrrole nitrogens is 1. The quantitative estimate of drug-likeness (QED) is 0.334. The van der Waals surface area contributed by atoms with Crippen molar-refractivity contribution < 1.29 is 13.6 Å². The van der Waals surface area contributed by atoms with Crippen LogP contribution in [0.1, 0.15) is 5.56 Å². The van der Waals surface area contributed by atoms with E-state index >= 15 is 0 Å². The Morgan fingerprint density at radius 3 is 2.70 bits per heavy atom. The predicted molar refractivity (Wildman–Crippen MR) is 126 cm³/mol. The molecule has 0 fully saturated rings. The van der Waals surface area contributed by atoms with E-state index < -0.39 is 0 Å². The van der Waals surface area contributed by atoms with E-state index in [1.54, 1.807) is 19.2 Å². The number of fused-ring (bicyclic) bond motifs is 1. The number of nitrogens with one attached hydrogen (secondary N) is 2. The van der Waals surface area contributed by atoms with Crippen molar-refractivity contribution in [2.24, 2.45) is 0 Å². The van der Waals surface area contributed by atoms with Gasteiger partial charge in [-0.3, -0.25) is 4.79 Å². The van der Waals surface area contributed by atoms with Gasteiger partial charge in [0.1, 0.15) is 10.6 Å². The average molecular weight is 461 g/mol. The van der Waals surface area contributed by atoms with Gasteiger partial charge in [0.15, 0.2) is 5.76 Å². The van der Waals surface area contributed by atoms with E-state index in [1.807, 2.05) is 48.5 Å². The number of pyridine rings is 1. The molecule has 0 aliphatic carbocycles. The molecular weight excluding hydrogens is 440 g/mol. The molecule has 0 aliphatic heterocycles. The van der Waals surface area contributed by atoms with Gasteiger partial charge in [-0.05, 0) is 54.1 Å². The zero-order valence-electron chi connectivity index (χ0n) is 17.7. The maximum absolute atomic E-state index is 13.0. The van der Waals surface area contributed by atoms with Gasteiger partial charge in [0.05, 0.1) is 24.6 Å². The predicted octanol–water partition coefficient (Wildman–Crippen LogP) is 4.99. The molecule has 0 spiro atoms. The van der Waals surface area contributed by atoms with Crippen LogP contribution in [0.3, 0.4) is 0 Å². The second-order valence-corrected chi connectivity index (χ2v) is 8.14. The Morgan fingerprint density at radius 2 is 1.91 bits per heavy atom. The molecule has 3 aromatic heterocycles. The molecule has 166 valence electrons. The van der Waals surface area contributed by atoms with Crippen molar-refractivity contribution in [3.8, 4) is 17.4 Å². The number of methoxy groups -OCH3 is 1. The largest absolute Gasteiger partial charge is 0.497 e. The first-order valence-corrected chi connectivity index (χ1v) is 11.1. The van der Waals surface area contributed by atoms with E-state index in [0.717, 1.165) is 46.1 Å². The molecule has 8 nitrogen and oxygen atoms in total. The molecule has 2 aromatic carbocycles. The summed E-state index contributed by atoms with van der Waals surface area (Å²) in [7, 11) is 1.65. The Labute approximate surface area is 193 Å². The zero-order valence-corrected chi connectivity index (χ0v) is 18.5. The van der Waals surface area contributed by atoms with Gasteiger partial charge in [0.25, 0.3) is 16.7 Å². The van der Waals surface area contributed by atoms with Crippen LogP contribution in [-0.4, -0.2) is 28.8 Å². The molecule has 0 unspecified atom stereocenters. The van der Waals surface area contributed by atoms with Crippen molar-refractivity contribution in [2.45, 2.75) is 16.5 Å². The lowest BCUT2D eigenvalue weighted by Crippen LogP contribution is -2.14. The average Bonchev–Trinajstić information content (AvgIpc) is 3.53. The Hall–Kier alpha value is -3.98. The number of hydrogen-bond acceptors (Lipinski definition) is 8. The molecule has 3 heterocycles. The van der Waals surface area contributed by atoms with Gasteiger partial charge >= 0.3 is 0 Å². The highest BCUT2D eigenvalue weighted by atomic mass is 32.2. The molecule has 0 atom stereocenters. The minimum absolute atomic E-state index is 0.233. The van der Waals surface area contributed by atoms with Crippen molar-refractivity contribution >= 4 is 28.4 Å². The lowest BCUT2D eigenvalue weighted by molar-refractivity contribution is 0.414. The van der Waals surface area contributed by atoms with Crippen molar-refractivity contribution in [3.05, 3.63) is 82.8 Å². The van der Waals surface area contributed by atoms with Gasteiger partial charge in [-0.15, -0.1) is 10.2 Å². The summed E-state index contributed by atoms with van der Waals surface area (Å²) in [5.74, 6) is 1.55. The van der Waals surface area contributed by atoms with Crippen LogP contribution in [0, 0.1) is 0 Å². The van der Waals surface area contributed by atoms with Crippen LogP contribution in [0.15, 0.2) is 90.7 Å². The standard InChI is InChI=1S/C24H20N4O4S/c1-30-16-10-8-15(9-11-16)12-13-25-20-17-5-2-3-6-18(17)26-22(29)21(20)33-24-28-27-23(32-24)19-7-4-14-31-19/h2-11,14H,12-13H2,1H3,(H2,25,26,29). The molecule has 0 radical (unpaired) electrons. The van der Waals surface area contributed by atoms with Crippen molar-refractivity contribution in [1.29, 1.82) is 0 Å². The number of furan rings is 1. The Kier molecular flexibility index (Phi) is 5.86. The van der Waals surface area contributed by atoms with Crippen molar-refractivity contribution in [2.75, 3.05) is 19.0 Å². The third kappa shape index (κ3) is 4.49. The molecule has 0 amide bonds. The van der Waals surface area contributed by atoms with Gasteiger partial charge in [-0.1, -0.05) is 30.3 Å². The van der Waals surface area contributed by atoms with Crippen LogP contribution in [0.25, 0.3) is 22.6 Å². The maximum atomic E-state index is 13.0. The van der Waals surface area contributed by atoms with Crippen molar-refractivity contribution in [1.82, 2.24) is 15.2 Å². The minimum Gasteiger partial charge on any atom is -0.497 e. The normalized spacial score (nSPS) is 11.1. The number of aromatic nitrogens is 3. The molecule has 0 aliphatic rings. The van der Waals surface area contributed by atoms with Gasteiger partial charge in [0, 0.05) is 11.9 Å². The highest BCUT2D eigenvalue weighted by Crippen LogP contribution is 2.35. The summed E-state index contributed by atoms with van der Waals surface area (Å²) in [6.45, 7) is 0.634. The topological polar surface area (TPSA) is 106 Å². The number of anilines is 1. The summed E-state index contributed by atoms with van der Waals surface area (Å²) < 4.78 is 16.2. The second kappa shape index (κ2) is 9.25. The first-order valence-electron chi connectivity index (χ1n) is 10.3. The van der Waals surface area contributed by atoms with E-state index in [-0.39, 0.29) is 16.7 Å². The monoisotopic (exact) mass is 460 g/mol. The first-order chi connectivity index (χ1) is 16.2. The number of benzene rings is 2. The fourth-order valence-electron chi connectivity index (χ4n) is 3.46. The van der Waals surface area contributed by atoms with Crippen LogP contribution >= 0.6 is 11.8 Å². The number of aromatic amines is 1. The van der Waals surface area contributed by atoms with E-state index in [2.05, 4.69) is 20.5 Å². The van der Waals surface area contributed by atoms with E-state index in [9.17, 15) is 4.79 Å². The molecular formula is C24H20N4O4S. The number of nitrogens with zero attached hydrogens (tertiary/aromatic N) is 2. The number of ether oxygens (including phenoxy) is 1. The van der Waals surface area contributed by atoms with E-state index in [0.29, 0.717) is 17.2 Å². The Bertz CT molecular complexity index is 1430. The number of hydrogen-bond donors (Lipinski definition) is 2. The highest BCUT2D eigenvalue weighted by Gasteiger charge is 2.18. The summed E-state index contributed by atoms with van der Waals surface area (Å²) in [5.41, 5.74) is 2.40. The smallest absolute Gasteiger partial charge is 0.284 e. The number of rotatable bonds is 8. The van der Waals surface area contributed by atoms with Crippen LogP contribution in [0.2, 0.25) is 0 Å². The lowest BCUT2D eigenvalue weighted by Gasteiger charge is -2.13. The minimum atomic E-state index is -0.233. The molecule has 5 rings (SSSR count). The lowest BCUT2D eigenvalue weighted by atomic mass is 10.1. The van der Waals surface area contributed by atoms with Crippen LogP contribution < -0.4 is 15.6 Å². The Balaban J connectivity index is 1.43. The first kappa shape index (κ1) is 20.9. The van der Waals surface area contributed by atoms with Gasteiger partial charge in [0.2, 0.25) is 0 Å². The molecule has 33 heavy (non-hydrogen) atoms. The summed E-state index contributed by atoms with van der Waals surface area (Å²) in [6, 6.07) is 19.1. The summed E-state index contributed by atoms with van der Waals surface area (Å²) >= 11 is 1.12. The summed E-state index contributed by atoms with van der Waals surface area (Å²) in [5, 5.41) is 12.7. The molecule has 5 aromatic rings. The van der Waals surface area contributed by atoms with E-state index in [1.165, 1.54) is 6.26 Å². The molecule has 0 bridgehead atoms. The molecule has 0 saturated carbocycles. The highest BCUT2D eigenvalue weighted by molar-refractivity contribution is 7.99. The van der Waals surface area contributed by atoms with Crippen LogP contribution in [0.4, 0.5) is 5.69 Å². The Morgan fingerprint density at radius 1 is 1.06 bits per heavy atom. The molecule has 0 saturated heterocycles. The summed E-state index contributed by atoms with van der Waals surface area (Å²) in [6.07, 6.45) is 2.31. The SMILES string of the molecule is COc1ccc(CCNc2c(Sc3nnc(-c4ccco4)o3)c(=O)[nH]c3ccccc23)cc1. The third-order valence-corrected chi connectivity index (χ3v) is 6.01. The van der Waals surface area contributed by atoms with Gasteiger partial charge in [-0.2, -0.15) is 0 Å². The van der Waals surface area contributed by atoms with Crippen molar-refractivity contribution in [3.63, 3.8) is 0 Å². The second-order valence-electron chi connectivity index (χ2n) is 7.18. The molecule has 2 N–H and O–H groups in total.